The van der Waals surface area contributed by atoms with E-state index < -0.39 is 11.2 Å². The van der Waals surface area contributed by atoms with Gasteiger partial charge < -0.3 is 19.9 Å². The van der Waals surface area contributed by atoms with E-state index in [2.05, 4.69) is 26.9 Å². The Hall–Kier alpha value is -2.56. The zero-order valence-corrected chi connectivity index (χ0v) is 22.5. The van der Waals surface area contributed by atoms with Gasteiger partial charge in [0.05, 0.1) is 16.0 Å². The zero-order valence-electron chi connectivity index (χ0n) is 20.9. The highest BCUT2D eigenvalue weighted by atomic mass is 32.2. The summed E-state index contributed by atoms with van der Waals surface area (Å²) < 4.78 is 18.5. The highest BCUT2D eigenvalue weighted by Crippen LogP contribution is 2.43. The van der Waals surface area contributed by atoms with Crippen molar-refractivity contribution in [3.8, 4) is 10.4 Å². The first-order valence-electron chi connectivity index (χ1n) is 12.6. The van der Waals surface area contributed by atoms with E-state index in [0.29, 0.717) is 5.92 Å². The fourth-order valence-corrected chi connectivity index (χ4v) is 7.31. The summed E-state index contributed by atoms with van der Waals surface area (Å²) in [6.45, 7) is 5.67. The monoisotopic (exact) mass is 527 g/mol. The summed E-state index contributed by atoms with van der Waals surface area (Å²) in [5.41, 5.74) is 2.86. The largest absolute Gasteiger partial charge is 0.611 e. The second-order valence-corrected chi connectivity index (χ2v) is 12.7. The Bertz CT molecular complexity index is 1200. The summed E-state index contributed by atoms with van der Waals surface area (Å²) in [5, 5.41) is 14.9. The molecule has 1 unspecified atom stereocenters. The number of thiazole rings is 1. The Morgan fingerprint density at radius 2 is 1.97 bits per heavy atom. The number of ether oxygens (including phenoxy) is 1. The third-order valence-corrected chi connectivity index (χ3v) is 9.58. The summed E-state index contributed by atoms with van der Waals surface area (Å²) in [6.07, 6.45) is 7.29. The molecule has 0 saturated heterocycles. The zero-order chi connectivity index (χ0) is 25.2. The molecule has 1 aromatic carbocycles. The van der Waals surface area contributed by atoms with Crippen LogP contribution in [0.5, 0.6) is 0 Å². The van der Waals surface area contributed by atoms with Crippen molar-refractivity contribution in [1.29, 1.82) is 0 Å². The van der Waals surface area contributed by atoms with Gasteiger partial charge in [0, 0.05) is 60.1 Å². The molecule has 0 bridgehead atoms. The Labute approximate surface area is 218 Å². The maximum absolute atomic E-state index is 13.3. The average molecular weight is 528 g/mol. The van der Waals surface area contributed by atoms with E-state index in [1.807, 2.05) is 45.2 Å². The van der Waals surface area contributed by atoms with Crippen LogP contribution in [0.15, 0.2) is 35.4 Å². The first-order chi connectivity index (χ1) is 17.4. The van der Waals surface area contributed by atoms with Crippen LogP contribution in [0, 0.1) is 6.92 Å². The molecule has 3 N–H and O–H groups in total. The minimum absolute atomic E-state index is 0.117. The number of carbonyl (C=O) groups is 1. The van der Waals surface area contributed by atoms with Crippen LogP contribution in [0.1, 0.15) is 69.0 Å². The number of benzene rings is 1. The quantitative estimate of drug-likeness (QED) is 0.309. The van der Waals surface area contributed by atoms with E-state index in [1.54, 1.807) is 11.3 Å². The molecule has 0 spiro atoms. The number of alkyl carbamates (subject to hydrolysis) is 1. The van der Waals surface area contributed by atoms with Crippen LogP contribution in [-0.4, -0.2) is 43.2 Å². The number of nitrogens with zero attached hydrogens (tertiary/aromatic N) is 2. The van der Waals surface area contributed by atoms with Crippen LogP contribution in [0.4, 0.5) is 16.3 Å². The molecule has 2 aliphatic carbocycles. The molecule has 8 nitrogen and oxygen atoms in total. The molecule has 192 valence electrons. The molecule has 2 heterocycles. The number of amides is 1. The first-order valence-corrected chi connectivity index (χ1v) is 14.7. The molecule has 2 aromatic heterocycles. The molecule has 36 heavy (non-hydrogen) atoms. The van der Waals surface area contributed by atoms with Gasteiger partial charge >= 0.3 is 6.09 Å². The predicted octanol–water partition coefficient (Wildman–Crippen LogP) is 6.02. The minimum Gasteiger partial charge on any atom is -0.611 e. The van der Waals surface area contributed by atoms with Gasteiger partial charge in [-0.1, -0.05) is 0 Å². The second-order valence-electron chi connectivity index (χ2n) is 9.98. The molecule has 0 aliphatic heterocycles. The lowest BCUT2D eigenvalue weighted by Gasteiger charge is -2.28. The molecule has 0 radical (unpaired) electrons. The van der Waals surface area contributed by atoms with Crippen LogP contribution in [-0.2, 0) is 15.9 Å². The van der Waals surface area contributed by atoms with Gasteiger partial charge in [-0.3, -0.25) is 5.10 Å². The maximum Gasteiger partial charge on any atom is 0.407 e. The number of aromatic amines is 1. The lowest BCUT2D eigenvalue weighted by atomic mass is 9.86. The van der Waals surface area contributed by atoms with Gasteiger partial charge in [-0.2, -0.15) is 5.10 Å². The summed E-state index contributed by atoms with van der Waals surface area (Å²) in [4.78, 5) is 18.6. The number of nitrogens with one attached hydrogen (secondary N) is 3. The molecule has 10 heteroatoms. The van der Waals surface area contributed by atoms with Crippen LogP contribution >= 0.6 is 11.3 Å². The molecule has 5 rings (SSSR count). The van der Waals surface area contributed by atoms with E-state index >= 15 is 0 Å². The predicted molar refractivity (Wildman–Crippen MR) is 143 cm³/mol. The molecular weight excluding hydrogens is 494 g/mol. The Kier molecular flexibility index (Phi) is 7.55. The number of rotatable bonds is 8. The van der Waals surface area contributed by atoms with Crippen molar-refractivity contribution < 1.29 is 14.1 Å². The minimum atomic E-state index is -1.05. The number of carbonyl (C=O) groups excluding carboxylic acids is 1. The van der Waals surface area contributed by atoms with Gasteiger partial charge in [-0.15, -0.1) is 11.3 Å². The van der Waals surface area contributed by atoms with E-state index in [0.717, 1.165) is 76.1 Å². The highest BCUT2D eigenvalue weighted by molar-refractivity contribution is 7.92. The molecular formula is C26H33N5O3S2. The summed E-state index contributed by atoms with van der Waals surface area (Å²) in [6, 6.07) is 8.16. The summed E-state index contributed by atoms with van der Waals surface area (Å²) in [5.74, 6) is 1.12. The van der Waals surface area contributed by atoms with Crippen LogP contribution in [0.25, 0.3) is 10.4 Å². The number of aryl methyl sites for hydroxylation is 1. The van der Waals surface area contributed by atoms with E-state index in [4.69, 9.17) is 9.72 Å². The van der Waals surface area contributed by atoms with Crippen molar-refractivity contribution in [2.75, 3.05) is 5.32 Å². The van der Waals surface area contributed by atoms with Crippen molar-refractivity contribution in [1.82, 2.24) is 20.5 Å². The van der Waals surface area contributed by atoms with Gasteiger partial charge in [0.25, 0.3) is 0 Å². The third-order valence-electron chi connectivity index (χ3n) is 6.53. The third kappa shape index (κ3) is 6.04. The van der Waals surface area contributed by atoms with E-state index in [9.17, 15) is 9.35 Å². The van der Waals surface area contributed by atoms with Gasteiger partial charge in [0.1, 0.15) is 5.25 Å². The van der Waals surface area contributed by atoms with Gasteiger partial charge in [-0.05, 0) is 69.8 Å². The lowest BCUT2D eigenvalue weighted by Crippen LogP contribution is -2.38. The fraction of sp³-hybridized carbons (Fsp3) is 0.500. The molecule has 1 amide bonds. The number of H-pyrrole nitrogens is 1. The number of aromatic nitrogens is 3. The van der Waals surface area contributed by atoms with Crippen molar-refractivity contribution in [3.05, 3.63) is 41.2 Å². The summed E-state index contributed by atoms with van der Waals surface area (Å²) in [7, 11) is 0. The normalized spacial score (nSPS) is 20.8. The average Bonchev–Trinajstić information content (AvgIpc) is 3.44. The Balaban J connectivity index is 1.29. The fourth-order valence-electron chi connectivity index (χ4n) is 4.56. The van der Waals surface area contributed by atoms with Gasteiger partial charge in [0.15, 0.2) is 10.7 Å². The van der Waals surface area contributed by atoms with E-state index in [-0.39, 0.29) is 23.5 Å². The van der Waals surface area contributed by atoms with E-state index in [1.165, 1.54) is 0 Å². The topological polar surface area (TPSA) is 115 Å². The molecule has 1 atom stereocenters. The smallest absolute Gasteiger partial charge is 0.407 e. The first kappa shape index (κ1) is 25.1. The second kappa shape index (κ2) is 10.8. The lowest BCUT2D eigenvalue weighted by molar-refractivity contribution is 0.109. The van der Waals surface area contributed by atoms with Crippen LogP contribution in [0.2, 0.25) is 0 Å². The SMILES string of the molecule is Cc1cc(Nc2ccc(-c3cnc(C4CCC(NC(=O)OC(C)C)CC4)s3)c([S+]([O-])C3CC3)c2)n[nH]1. The van der Waals surface area contributed by atoms with Crippen LogP contribution in [0.3, 0.4) is 0 Å². The maximum atomic E-state index is 13.3. The Morgan fingerprint density at radius 1 is 1.19 bits per heavy atom. The summed E-state index contributed by atoms with van der Waals surface area (Å²) >= 11 is 0.647. The number of hydrogen-bond acceptors (Lipinski definition) is 7. The van der Waals surface area contributed by atoms with Crippen molar-refractivity contribution in [3.63, 3.8) is 0 Å². The van der Waals surface area contributed by atoms with Gasteiger partial charge in [0.2, 0.25) is 0 Å². The van der Waals surface area contributed by atoms with Crippen molar-refractivity contribution in [2.45, 2.75) is 87.5 Å². The molecule has 3 aromatic rings. The Morgan fingerprint density at radius 3 is 2.64 bits per heavy atom. The van der Waals surface area contributed by atoms with Crippen molar-refractivity contribution in [2.24, 2.45) is 0 Å². The van der Waals surface area contributed by atoms with Crippen LogP contribution < -0.4 is 10.6 Å². The molecule has 2 aliphatic rings. The highest BCUT2D eigenvalue weighted by Gasteiger charge is 2.37. The molecule has 2 saturated carbocycles. The van der Waals surface area contributed by atoms with Crippen molar-refractivity contribution >= 4 is 40.1 Å². The standard InChI is InChI=1S/C26H33N5O3S2/c1-15(2)34-26(32)29-18-6-4-17(5-7-18)25-27-14-22(35-25)21-11-8-19(28-24-12-16(3)30-31-24)13-23(21)36(33)20-9-10-20/h8,11-15,17-18,20H,4-7,9-10H2,1-3H3,(H,29,32)(H2,28,30,31). The number of anilines is 2. The molecule has 2 fully saturated rings. The van der Waals surface area contributed by atoms with Gasteiger partial charge in [-0.25, -0.2) is 9.78 Å². The number of hydrogen-bond donors (Lipinski definition) is 3.